The summed E-state index contributed by atoms with van der Waals surface area (Å²) in [6, 6.07) is 0.650. The molecule has 2 rings (SSSR count). The highest BCUT2D eigenvalue weighted by molar-refractivity contribution is 4.87. The molecule has 1 unspecified atom stereocenters. The van der Waals surface area contributed by atoms with Crippen LogP contribution in [0.4, 0.5) is 0 Å². The van der Waals surface area contributed by atoms with Gasteiger partial charge in [0.15, 0.2) is 5.82 Å². The molecule has 1 aliphatic heterocycles. The second-order valence-electron chi connectivity index (χ2n) is 4.05. The van der Waals surface area contributed by atoms with Gasteiger partial charge in [-0.2, -0.15) is 4.98 Å². The molecule has 1 atom stereocenters. The van der Waals surface area contributed by atoms with Gasteiger partial charge in [0.1, 0.15) is 0 Å². The van der Waals surface area contributed by atoms with E-state index in [1.165, 1.54) is 13.0 Å². The number of nitrogens with one attached hydrogen (secondary N) is 1. The highest BCUT2D eigenvalue weighted by Crippen LogP contribution is 2.09. The number of likely N-dealkylation sites (N-methyl/N-ethyl adjacent to an activating group) is 1. The molecule has 1 aliphatic rings. The predicted octanol–water partition coefficient (Wildman–Crippen LogP) is 0.214. The van der Waals surface area contributed by atoms with Crippen molar-refractivity contribution in [3.8, 4) is 0 Å². The van der Waals surface area contributed by atoms with Crippen LogP contribution in [0.25, 0.3) is 0 Å². The zero-order chi connectivity index (χ0) is 10.7. The topological polar surface area (TPSA) is 54.2 Å². The molecule has 1 saturated heterocycles. The van der Waals surface area contributed by atoms with Gasteiger partial charge in [-0.15, -0.1) is 0 Å². The molecular formula is C10H18N4O. The zero-order valence-electron chi connectivity index (χ0n) is 9.36. The maximum absolute atomic E-state index is 4.93. The van der Waals surface area contributed by atoms with Crippen LogP contribution in [0.5, 0.6) is 0 Å². The van der Waals surface area contributed by atoms with E-state index in [0.29, 0.717) is 11.9 Å². The van der Waals surface area contributed by atoms with Gasteiger partial charge in [0.05, 0.1) is 0 Å². The van der Waals surface area contributed by atoms with Gasteiger partial charge in [0.2, 0.25) is 5.89 Å². The van der Waals surface area contributed by atoms with Crippen molar-refractivity contribution in [2.24, 2.45) is 0 Å². The largest absolute Gasteiger partial charge is 0.340 e. The first-order chi connectivity index (χ1) is 7.28. The first-order valence-electron chi connectivity index (χ1n) is 5.46. The molecule has 15 heavy (non-hydrogen) atoms. The van der Waals surface area contributed by atoms with Crippen LogP contribution in [0.3, 0.4) is 0 Å². The molecule has 1 N–H and O–H groups in total. The number of aryl methyl sites for hydroxylation is 1. The lowest BCUT2D eigenvalue weighted by molar-refractivity contribution is 0.327. The second-order valence-corrected chi connectivity index (χ2v) is 4.05. The van der Waals surface area contributed by atoms with Crippen molar-refractivity contribution >= 4 is 0 Å². The third-order valence-corrected chi connectivity index (χ3v) is 2.90. The highest BCUT2D eigenvalue weighted by Gasteiger charge is 2.20. The van der Waals surface area contributed by atoms with Crippen LogP contribution in [-0.4, -0.2) is 47.8 Å². The van der Waals surface area contributed by atoms with Crippen molar-refractivity contribution in [3.63, 3.8) is 0 Å². The van der Waals surface area contributed by atoms with Gasteiger partial charge in [0, 0.05) is 32.5 Å². The summed E-state index contributed by atoms with van der Waals surface area (Å²) in [7, 11) is 2.02. The molecule has 5 nitrogen and oxygen atoms in total. The summed E-state index contributed by atoms with van der Waals surface area (Å²) >= 11 is 0. The Hall–Kier alpha value is -0.940. The van der Waals surface area contributed by atoms with Crippen LogP contribution < -0.4 is 5.32 Å². The van der Waals surface area contributed by atoms with E-state index in [4.69, 9.17) is 4.52 Å². The fourth-order valence-corrected chi connectivity index (χ4v) is 1.97. The van der Waals surface area contributed by atoms with Crippen molar-refractivity contribution in [1.29, 1.82) is 0 Å². The molecule has 2 heterocycles. The standard InChI is InChI=1S/C10H18N4O/c1-8-12-10(13-15-8)4-6-14-5-3-9(7-14)11-2/h9,11H,3-7H2,1-2H3. The Bertz CT molecular complexity index is 312. The van der Waals surface area contributed by atoms with Gasteiger partial charge in [-0.3, -0.25) is 0 Å². The molecule has 1 aromatic rings. The summed E-state index contributed by atoms with van der Waals surface area (Å²) in [5.74, 6) is 1.47. The van der Waals surface area contributed by atoms with Crippen LogP contribution in [0.2, 0.25) is 0 Å². The molecule has 0 amide bonds. The van der Waals surface area contributed by atoms with Crippen LogP contribution in [0.15, 0.2) is 4.52 Å². The van der Waals surface area contributed by atoms with Crippen molar-refractivity contribution < 1.29 is 4.52 Å². The summed E-state index contributed by atoms with van der Waals surface area (Å²) in [5, 5.41) is 7.19. The molecule has 84 valence electrons. The summed E-state index contributed by atoms with van der Waals surface area (Å²) in [6.07, 6.45) is 2.12. The average molecular weight is 210 g/mol. The second kappa shape index (κ2) is 4.72. The minimum atomic E-state index is 0.650. The van der Waals surface area contributed by atoms with E-state index < -0.39 is 0 Å². The van der Waals surface area contributed by atoms with Gasteiger partial charge in [-0.1, -0.05) is 5.16 Å². The number of rotatable bonds is 4. The molecule has 5 heteroatoms. The lowest BCUT2D eigenvalue weighted by Gasteiger charge is -2.14. The normalized spacial score (nSPS) is 22.4. The van der Waals surface area contributed by atoms with Crippen LogP contribution in [0.1, 0.15) is 18.1 Å². The SMILES string of the molecule is CNC1CCN(CCc2noc(C)n2)C1. The maximum Gasteiger partial charge on any atom is 0.223 e. The number of hydrogen-bond acceptors (Lipinski definition) is 5. The fourth-order valence-electron chi connectivity index (χ4n) is 1.97. The van der Waals surface area contributed by atoms with E-state index in [0.717, 1.165) is 25.3 Å². The van der Waals surface area contributed by atoms with Crippen LogP contribution in [0, 0.1) is 6.92 Å². The van der Waals surface area contributed by atoms with Crippen molar-refractivity contribution in [2.45, 2.75) is 25.8 Å². The smallest absolute Gasteiger partial charge is 0.223 e. The quantitative estimate of drug-likeness (QED) is 0.770. The number of hydrogen-bond donors (Lipinski definition) is 1. The minimum Gasteiger partial charge on any atom is -0.340 e. The Kier molecular flexibility index (Phi) is 3.33. The summed E-state index contributed by atoms with van der Waals surface area (Å²) < 4.78 is 4.93. The monoisotopic (exact) mass is 210 g/mol. The highest BCUT2D eigenvalue weighted by atomic mass is 16.5. The van der Waals surface area contributed by atoms with E-state index in [9.17, 15) is 0 Å². The molecule has 0 aromatic carbocycles. The van der Waals surface area contributed by atoms with Crippen LogP contribution >= 0.6 is 0 Å². The number of nitrogens with zero attached hydrogens (tertiary/aromatic N) is 3. The van der Waals surface area contributed by atoms with Gasteiger partial charge in [0.25, 0.3) is 0 Å². The third kappa shape index (κ3) is 2.76. The lowest BCUT2D eigenvalue weighted by Crippen LogP contribution is -2.30. The Labute approximate surface area is 89.8 Å². The van der Waals surface area contributed by atoms with E-state index in [1.54, 1.807) is 0 Å². The Morgan fingerprint density at radius 1 is 1.60 bits per heavy atom. The summed E-state index contributed by atoms with van der Waals surface area (Å²) in [4.78, 5) is 6.63. The molecule has 1 fully saturated rings. The van der Waals surface area contributed by atoms with Crippen molar-refractivity contribution in [3.05, 3.63) is 11.7 Å². The zero-order valence-corrected chi connectivity index (χ0v) is 9.36. The predicted molar refractivity (Wildman–Crippen MR) is 56.6 cm³/mol. The third-order valence-electron chi connectivity index (χ3n) is 2.90. The minimum absolute atomic E-state index is 0.650. The first kappa shape index (κ1) is 10.6. The van der Waals surface area contributed by atoms with Gasteiger partial charge >= 0.3 is 0 Å². The Balaban J connectivity index is 1.75. The molecule has 0 aliphatic carbocycles. The van der Waals surface area contributed by atoms with Gasteiger partial charge in [-0.25, -0.2) is 0 Å². The number of aromatic nitrogens is 2. The van der Waals surface area contributed by atoms with E-state index in [1.807, 2.05) is 14.0 Å². The van der Waals surface area contributed by atoms with Crippen molar-refractivity contribution in [2.75, 3.05) is 26.7 Å². The van der Waals surface area contributed by atoms with E-state index in [2.05, 4.69) is 20.4 Å². The summed E-state index contributed by atoms with van der Waals surface area (Å²) in [5.41, 5.74) is 0. The maximum atomic E-state index is 4.93. The molecular weight excluding hydrogens is 192 g/mol. The molecule has 0 saturated carbocycles. The van der Waals surface area contributed by atoms with E-state index >= 15 is 0 Å². The first-order valence-corrected chi connectivity index (χ1v) is 5.46. The van der Waals surface area contributed by atoms with Crippen LogP contribution in [-0.2, 0) is 6.42 Å². The number of likely N-dealkylation sites (tertiary alicyclic amines) is 1. The molecule has 1 aromatic heterocycles. The Morgan fingerprint density at radius 2 is 2.47 bits per heavy atom. The Morgan fingerprint density at radius 3 is 3.07 bits per heavy atom. The van der Waals surface area contributed by atoms with Gasteiger partial charge in [-0.05, 0) is 20.0 Å². The lowest BCUT2D eigenvalue weighted by atomic mass is 10.3. The van der Waals surface area contributed by atoms with E-state index in [-0.39, 0.29) is 0 Å². The fraction of sp³-hybridized carbons (Fsp3) is 0.800. The molecule has 0 bridgehead atoms. The van der Waals surface area contributed by atoms with Gasteiger partial charge < -0.3 is 14.7 Å². The molecule has 0 spiro atoms. The summed E-state index contributed by atoms with van der Waals surface area (Å²) in [6.45, 7) is 5.15. The van der Waals surface area contributed by atoms with Crippen molar-refractivity contribution in [1.82, 2.24) is 20.4 Å². The average Bonchev–Trinajstić information content (AvgIpc) is 2.83. The molecule has 0 radical (unpaired) electrons.